The third-order valence-electron chi connectivity index (χ3n) is 5.87. The summed E-state index contributed by atoms with van der Waals surface area (Å²) in [7, 11) is 4.04. The maximum absolute atomic E-state index is 6.22. The molecule has 4 N–H and O–H groups in total. The van der Waals surface area contributed by atoms with Gasteiger partial charge in [-0.05, 0) is 70.1 Å². The van der Waals surface area contributed by atoms with E-state index in [2.05, 4.69) is 66.4 Å². The summed E-state index contributed by atoms with van der Waals surface area (Å²) in [4.78, 5) is 11.1. The number of nitrogen functional groups attached to an aromatic ring is 1. The van der Waals surface area contributed by atoms with Crippen LogP contribution in [0.3, 0.4) is 0 Å². The summed E-state index contributed by atoms with van der Waals surface area (Å²) in [6.45, 7) is 3.42. The first-order valence-corrected chi connectivity index (χ1v) is 11.4. The van der Waals surface area contributed by atoms with Crippen molar-refractivity contribution in [1.29, 1.82) is 0 Å². The Morgan fingerprint density at radius 2 is 2.00 bits per heavy atom. The lowest BCUT2D eigenvalue weighted by molar-refractivity contribution is 0.229. The van der Waals surface area contributed by atoms with Gasteiger partial charge in [0.2, 0.25) is 0 Å². The highest BCUT2D eigenvalue weighted by Gasteiger charge is 2.24. The quantitative estimate of drug-likeness (QED) is 0.411. The van der Waals surface area contributed by atoms with Crippen LogP contribution in [0.5, 0.6) is 0 Å². The zero-order valence-electron chi connectivity index (χ0n) is 17.8. The Kier molecular flexibility index (Phi) is 6.89. The van der Waals surface area contributed by atoms with Crippen molar-refractivity contribution in [3.05, 3.63) is 42.4 Å². The lowest BCUT2D eigenvalue weighted by atomic mass is 9.93. The predicted octanol–water partition coefficient (Wildman–Crippen LogP) is 3.60. The molecule has 30 heavy (non-hydrogen) atoms. The van der Waals surface area contributed by atoms with Gasteiger partial charge >= 0.3 is 0 Å². The minimum Gasteiger partial charge on any atom is -0.383 e. The molecule has 1 aliphatic carbocycles. The van der Waals surface area contributed by atoms with E-state index in [1.807, 2.05) is 7.05 Å². The fourth-order valence-corrected chi connectivity index (χ4v) is 4.17. The first-order chi connectivity index (χ1) is 14.7. The number of rotatable bonds is 6. The summed E-state index contributed by atoms with van der Waals surface area (Å²) in [6.07, 6.45) is 8.87. The fraction of sp³-hybridized carbons (Fsp3) is 0.455. The zero-order valence-corrected chi connectivity index (χ0v) is 18.6. The third kappa shape index (κ3) is 4.62. The van der Waals surface area contributed by atoms with E-state index in [-0.39, 0.29) is 0 Å². The van der Waals surface area contributed by atoms with Gasteiger partial charge in [0.15, 0.2) is 0 Å². The van der Waals surface area contributed by atoms with Gasteiger partial charge in [-0.15, -0.1) is 0 Å². The Balaban J connectivity index is 0.000000383. The molecule has 0 bridgehead atoms. The number of hydrogen-bond acceptors (Lipinski definition) is 7. The van der Waals surface area contributed by atoms with Crippen LogP contribution in [0, 0.1) is 0 Å². The molecule has 8 heteroatoms. The van der Waals surface area contributed by atoms with Crippen molar-refractivity contribution in [2.24, 2.45) is 0 Å². The van der Waals surface area contributed by atoms with E-state index in [1.165, 1.54) is 56.5 Å². The Bertz CT molecular complexity index is 979. The van der Waals surface area contributed by atoms with E-state index in [4.69, 9.17) is 5.73 Å². The molecule has 0 amide bonds. The van der Waals surface area contributed by atoms with E-state index in [1.54, 1.807) is 6.33 Å². The van der Waals surface area contributed by atoms with Crippen molar-refractivity contribution in [3.8, 4) is 11.1 Å². The van der Waals surface area contributed by atoms with Crippen molar-refractivity contribution in [2.75, 3.05) is 32.9 Å². The lowest BCUT2D eigenvalue weighted by Gasteiger charge is -2.27. The van der Waals surface area contributed by atoms with E-state index < -0.39 is 0 Å². The third-order valence-corrected chi connectivity index (χ3v) is 6.37. The molecule has 2 fully saturated rings. The highest BCUT2D eigenvalue weighted by molar-refractivity contribution is 7.95. The van der Waals surface area contributed by atoms with Gasteiger partial charge in [-0.2, -0.15) is 0 Å². The molecule has 1 aromatic carbocycles. The highest BCUT2D eigenvalue weighted by atomic mass is 32.2. The number of benzene rings is 1. The summed E-state index contributed by atoms with van der Waals surface area (Å²) < 4.78 is 8.57. The van der Waals surface area contributed by atoms with Gasteiger partial charge < -0.3 is 15.2 Å². The van der Waals surface area contributed by atoms with E-state index >= 15 is 0 Å². The Labute approximate surface area is 182 Å². The van der Waals surface area contributed by atoms with Gasteiger partial charge in [-0.25, -0.2) is 14.7 Å². The number of nitrogens with two attached hydrogens (primary N) is 1. The van der Waals surface area contributed by atoms with Crippen LogP contribution in [-0.4, -0.2) is 46.6 Å². The van der Waals surface area contributed by atoms with Crippen LogP contribution < -0.4 is 15.2 Å². The molecule has 0 radical (unpaired) electrons. The Morgan fingerprint density at radius 3 is 2.63 bits per heavy atom. The van der Waals surface area contributed by atoms with Gasteiger partial charge in [0.25, 0.3) is 0 Å². The summed E-state index contributed by atoms with van der Waals surface area (Å²) in [6, 6.07) is 9.07. The van der Waals surface area contributed by atoms with Gasteiger partial charge in [-0.3, -0.25) is 4.72 Å². The molecule has 160 valence electrons. The summed E-state index contributed by atoms with van der Waals surface area (Å²) >= 11 is 1.48. The highest BCUT2D eigenvalue weighted by Crippen LogP contribution is 2.39. The first kappa shape index (κ1) is 21.1. The normalized spacial score (nSPS) is 16.6. The van der Waals surface area contributed by atoms with Gasteiger partial charge in [-0.1, -0.05) is 18.2 Å². The van der Waals surface area contributed by atoms with Crippen LogP contribution in [0.25, 0.3) is 22.2 Å². The van der Waals surface area contributed by atoms with Crippen LogP contribution in [0.2, 0.25) is 0 Å². The van der Waals surface area contributed by atoms with Gasteiger partial charge in [0, 0.05) is 36.5 Å². The number of nitrogens with zero attached hydrogens (tertiary/aromatic N) is 4. The molecular weight excluding hydrogens is 394 g/mol. The van der Waals surface area contributed by atoms with E-state index in [9.17, 15) is 0 Å². The maximum Gasteiger partial charge on any atom is 0.146 e. The SMILES string of the molecule is CN1CCC1.CNSNCc1cccc(-c2cn(C3CCC3)c3ncnc(N)c23)c1. The number of likely N-dealkylation sites (tertiary alicyclic amines) is 1. The predicted molar refractivity (Wildman–Crippen MR) is 126 cm³/mol. The standard InChI is InChI=1S/C18H22N6S.C4H9N/c1-20-25-23-9-12-4-2-5-13(8-12)15-10-24(14-6-3-7-14)18-16(15)17(19)21-11-22-18;1-5-3-2-4-5/h2,4-5,8,10-11,14,20,23H,3,6-7,9H2,1H3,(H2,19,21,22);2-4H2,1H3. The van der Waals surface area contributed by atoms with Crippen LogP contribution in [0.1, 0.15) is 37.3 Å². The van der Waals surface area contributed by atoms with Crippen LogP contribution >= 0.6 is 12.1 Å². The van der Waals surface area contributed by atoms with Crippen LogP contribution in [0.15, 0.2) is 36.8 Å². The molecule has 2 aliphatic rings. The molecule has 2 aromatic heterocycles. The van der Waals surface area contributed by atoms with E-state index in [0.717, 1.165) is 28.7 Å². The van der Waals surface area contributed by atoms with Gasteiger partial charge in [0.1, 0.15) is 17.8 Å². The van der Waals surface area contributed by atoms with Crippen LogP contribution in [-0.2, 0) is 6.54 Å². The summed E-state index contributed by atoms with van der Waals surface area (Å²) in [5.74, 6) is 0.548. The van der Waals surface area contributed by atoms with Crippen molar-refractivity contribution < 1.29 is 0 Å². The maximum atomic E-state index is 6.22. The van der Waals surface area contributed by atoms with Crippen LogP contribution in [0.4, 0.5) is 5.82 Å². The average Bonchev–Trinajstić information content (AvgIpc) is 3.07. The van der Waals surface area contributed by atoms with Gasteiger partial charge in [0.05, 0.1) is 5.39 Å². The number of aromatic nitrogens is 3. The number of hydrogen-bond donors (Lipinski definition) is 3. The number of anilines is 1. The largest absolute Gasteiger partial charge is 0.383 e. The molecule has 0 unspecified atom stereocenters. The molecule has 1 aliphatic heterocycles. The Hall–Kier alpha value is -2.13. The summed E-state index contributed by atoms with van der Waals surface area (Å²) in [5.41, 5.74) is 10.6. The molecule has 0 atom stereocenters. The molecule has 3 aromatic rings. The molecule has 5 rings (SSSR count). The van der Waals surface area contributed by atoms with E-state index in [0.29, 0.717) is 11.9 Å². The van der Waals surface area contributed by atoms with Crippen molar-refractivity contribution in [3.63, 3.8) is 0 Å². The fourth-order valence-electron chi connectivity index (χ4n) is 3.79. The monoisotopic (exact) mass is 425 g/mol. The zero-order chi connectivity index (χ0) is 20.9. The second-order valence-electron chi connectivity index (χ2n) is 7.98. The average molecular weight is 426 g/mol. The van der Waals surface area contributed by atoms with Crippen molar-refractivity contribution in [1.82, 2.24) is 28.9 Å². The summed E-state index contributed by atoms with van der Waals surface area (Å²) in [5, 5.41) is 0.962. The number of nitrogens with one attached hydrogen (secondary N) is 2. The first-order valence-electron chi connectivity index (χ1n) is 10.6. The smallest absolute Gasteiger partial charge is 0.146 e. The molecular formula is C22H31N7S. The molecule has 1 saturated heterocycles. The molecule has 0 spiro atoms. The second-order valence-corrected chi connectivity index (χ2v) is 8.88. The lowest BCUT2D eigenvalue weighted by Crippen LogP contribution is -2.32. The molecule has 1 saturated carbocycles. The Morgan fingerprint density at radius 1 is 1.20 bits per heavy atom. The second kappa shape index (κ2) is 9.78. The molecule has 7 nitrogen and oxygen atoms in total. The number of fused-ring (bicyclic) bond motifs is 1. The van der Waals surface area contributed by atoms with Crippen molar-refractivity contribution >= 4 is 29.0 Å². The van der Waals surface area contributed by atoms with Crippen molar-refractivity contribution in [2.45, 2.75) is 38.3 Å². The minimum absolute atomic E-state index is 0.530. The topological polar surface area (TPSA) is 84.0 Å². The minimum atomic E-state index is 0.530. The molecule has 3 heterocycles.